The van der Waals surface area contributed by atoms with E-state index in [1.54, 1.807) is 0 Å². The van der Waals surface area contributed by atoms with Crippen molar-refractivity contribution in [3.63, 3.8) is 0 Å². The van der Waals surface area contributed by atoms with Crippen LogP contribution in [0.2, 0.25) is 0 Å². The Bertz CT molecular complexity index is 147. The maximum atomic E-state index is 9.02. The van der Waals surface area contributed by atoms with E-state index in [1.807, 2.05) is 0 Å². The van der Waals surface area contributed by atoms with Gasteiger partial charge in [-0.2, -0.15) is 0 Å². The van der Waals surface area contributed by atoms with Crippen molar-refractivity contribution in [1.29, 1.82) is 0 Å². The summed E-state index contributed by atoms with van der Waals surface area (Å²) in [5, 5.41) is 44.9. The molecule has 0 amide bonds. The van der Waals surface area contributed by atoms with Gasteiger partial charge in [0.1, 0.15) is 24.4 Å². The van der Waals surface area contributed by atoms with Gasteiger partial charge in [0.25, 0.3) is 0 Å². The van der Waals surface area contributed by atoms with E-state index < -0.39 is 31.0 Å². The number of hydrogen-bond donors (Lipinski definition) is 5. The average Bonchev–Trinajstić information content (AvgIpc) is 2.12. The molecule has 7 heteroatoms. The predicted octanol–water partition coefficient (Wildman–Crippen LogP) is -3.23. The third-order valence-electron chi connectivity index (χ3n) is 1.42. The third kappa shape index (κ3) is 5.85. The summed E-state index contributed by atoms with van der Waals surface area (Å²) in [6.45, 7) is -0.692. The summed E-state index contributed by atoms with van der Waals surface area (Å²) in [6, 6.07) is 0. The summed E-state index contributed by atoms with van der Waals surface area (Å²) in [5.74, 6) is 0. The first-order valence-corrected chi connectivity index (χ1v) is 3.80. The van der Waals surface area contributed by atoms with Crippen LogP contribution < -0.4 is 0 Å². The molecule has 0 rings (SSSR count). The monoisotopic (exact) mass is 236 g/mol. The number of aliphatic hydroxyl groups excluding tert-OH is 5. The SMILES string of the molecule is OC[C@@H](O)[C@@H](O)[C@H](O)[C@@H](O)C=S.[KH]. The zero-order chi connectivity index (χ0) is 9.72. The molecule has 13 heavy (non-hydrogen) atoms. The summed E-state index contributed by atoms with van der Waals surface area (Å²) in [4.78, 5) is 0. The van der Waals surface area contributed by atoms with Gasteiger partial charge in [-0.05, 0) is 0 Å². The third-order valence-corrected chi connectivity index (χ3v) is 1.70. The molecule has 0 fully saturated rings. The van der Waals surface area contributed by atoms with Crippen LogP contribution in [0.4, 0.5) is 0 Å². The molecule has 0 saturated heterocycles. The fraction of sp³-hybridized carbons (Fsp3) is 0.833. The summed E-state index contributed by atoms with van der Waals surface area (Å²) >= 11 is 4.30. The molecule has 0 radical (unpaired) electrons. The van der Waals surface area contributed by atoms with E-state index in [4.69, 9.17) is 25.5 Å². The van der Waals surface area contributed by atoms with Crippen molar-refractivity contribution >= 4 is 69.0 Å². The standard InChI is InChI=1S/C6H12O5S.K.H/c7-1-3(8)5(10)6(11)4(9)2-12;;/h2-11H,1H2;;/t3-,4+,5-,6-;;/m1../s1. The normalized spacial score (nSPS) is 19.5. The van der Waals surface area contributed by atoms with Gasteiger partial charge in [0.2, 0.25) is 0 Å². The first-order valence-electron chi connectivity index (χ1n) is 3.33. The zero-order valence-electron chi connectivity index (χ0n) is 6.24. The minimum atomic E-state index is -1.61. The van der Waals surface area contributed by atoms with Crippen molar-refractivity contribution in [3.05, 3.63) is 0 Å². The summed E-state index contributed by atoms with van der Waals surface area (Å²) < 4.78 is 0. The van der Waals surface area contributed by atoms with Crippen LogP contribution >= 0.6 is 12.2 Å². The van der Waals surface area contributed by atoms with Gasteiger partial charge in [-0.15, -0.1) is 0 Å². The van der Waals surface area contributed by atoms with Gasteiger partial charge in [0, 0.05) is 5.37 Å². The molecule has 0 aromatic carbocycles. The molecule has 0 heterocycles. The average molecular weight is 236 g/mol. The van der Waals surface area contributed by atoms with Crippen LogP contribution in [0, 0.1) is 0 Å². The van der Waals surface area contributed by atoms with E-state index in [9.17, 15) is 0 Å². The van der Waals surface area contributed by atoms with Crippen LogP contribution in [-0.2, 0) is 0 Å². The zero-order valence-corrected chi connectivity index (χ0v) is 7.05. The Labute approximate surface area is 124 Å². The quantitative estimate of drug-likeness (QED) is 0.254. The van der Waals surface area contributed by atoms with E-state index >= 15 is 0 Å². The van der Waals surface area contributed by atoms with Crippen LogP contribution in [0.5, 0.6) is 0 Å². The van der Waals surface area contributed by atoms with Gasteiger partial charge in [-0.25, -0.2) is 0 Å². The molecular weight excluding hydrogens is 223 g/mol. The number of hydrogen-bond acceptors (Lipinski definition) is 6. The summed E-state index contributed by atoms with van der Waals surface area (Å²) in [7, 11) is 0. The van der Waals surface area contributed by atoms with Crippen LogP contribution in [0.25, 0.3) is 0 Å². The summed E-state index contributed by atoms with van der Waals surface area (Å²) in [6.07, 6.45) is -6.06. The molecule has 0 saturated carbocycles. The Morgan fingerprint density at radius 3 is 1.85 bits per heavy atom. The van der Waals surface area contributed by atoms with Crippen molar-refractivity contribution < 1.29 is 25.5 Å². The fourth-order valence-electron chi connectivity index (χ4n) is 0.618. The van der Waals surface area contributed by atoms with Crippen LogP contribution in [0.1, 0.15) is 0 Å². The second kappa shape index (κ2) is 8.80. The molecule has 4 atom stereocenters. The van der Waals surface area contributed by atoms with Gasteiger partial charge < -0.3 is 25.5 Å². The Morgan fingerprint density at radius 2 is 1.54 bits per heavy atom. The molecule has 0 aromatic rings. The van der Waals surface area contributed by atoms with Gasteiger partial charge in [0.15, 0.2) is 0 Å². The van der Waals surface area contributed by atoms with Crippen molar-refractivity contribution in [2.75, 3.05) is 6.61 Å². The molecule has 0 aliphatic heterocycles. The molecule has 0 bridgehead atoms. The molecule has 0 unspecified atom stereocenters. The van der Waals surface area contributed by atoms with Gasteiger partial charge >= 0.3 is 51.4 Å². The fourth-order valence-corrected chi connectivity index (χ4v) is 0.779. The Balaban J connectivity index is 0. The Hall–Kier alpha value is 1.53. The van der Waals surface area contributed by atoms with E-state index in [1.165, 1.54) is 0 Å². The van der Waals surface area contributed by atoms with E-state index in [2.05, 4.69) is 12.2 Å². The maximum absolute atomic E-state index is 9.02. The van der Waals surface area contributed by atoms with Gasteiger partial charge in [-0.3, -0.25) is 0 Å². The van der Waals surface area contributed by atoms with E-state index in [-0.39, 0.29) is 51.4 Å². The van der Waals surface area contributed by atoms with Crippen molar-refractivity contribution in [1.82, 2.24) is 0 Å². The molecule has 74 valence electrons. The Morgan fingerprint density at radius 1 is 1.08 bits per heavy atom. The summed E-state index contributed by atoms with van der Waals surface area (Å²) in [5.41, 5.74) is 0. The topological polar surface area (TPSA) is 101 Å². The number of rotatable bonds is 5. The molecule has 5 N–H and O–H groups in total. The van der Waals surface area contributed by atoms with Crippen molar-refractivity contribution in [2.45, 2.75) is 24.4 Å². The van der Waals surface area contributed by atoms with Crippen molar-refractivity contribution in [3.8, 4) is 0 Å². The molecule has 0 aliphatic rings. The second-order valence-corrected chi connectivity index (χ2v) is 2.63. The number of thiocarbonyl (C=S) groups is 1. The molecule has 0 aliphatic carbocycles. The van der Waals surface area contributed by atoms with Crippen LogP contribution in [0.15, 0.2) is 0 Å². The first-order chi connectivity index (χ1) is 5.54. The second-order valence-electron chi connectivity index (χ2n) is 2.36. The Kier molecular flexibility index (Phi) is 11.5. The minimum absolute atomic E-state index is 0. The van der Waals surface area contributed by atoms with E-state index in [0.29, 0.717) is 0 Å². The van der Waals surface area contributed by atoms with Gasteiger partial charge in [-0.1, -0.05) is 12.2 Å². The number of aliphatic hydroxyl groups is 5. The molecule has 0 aromatic heterocycles. The first kappa shape index (κ1) is 16.9. The van der Waals surface area contributed by atoms with E-state index in [0.717, 1.165) is 5.37 Å². The molecular formula is C6H13KO5S. The molecule has 0 spiro atoms. The van der Waals surface area contributed by atoms with Gasteiger partial charge in [0.05, 0.1) is 6.61 Å². The van der Waals surface area contributed by atoms with Crippen LogP contribution in [-0.4, -0.2) is 113 Å². The van der Waals surface area contributed by atoms with Crippen molar-refractivity contribution in [2.24, 2.45) is 0 Å². The predicted molar refractivity (Wildman–Crippen MR) is 51.9 cm³/mol. The molecule has 5 nitrogen and oxygen atoms in total. The van der Waals surface area contributed by atoms with Crippen LogP contribution in [0.3, 0.4) is 0 Å².